The number of hydrogen-bond acceptors (Lipinski definition) is 3. The van der Waals surface area contributed by atoms with E-state index in [2.05, 4.69) is 10.3 Å². The third-order valence-corrected chi connectivity index (χ3v) is 1.44. The summed E-state index contributed by atoms with van der Waals surface area (Å²) in [6, 6.07) is -0.324. The SMILES string of the molecule is C.CCNC(=O)C1COC(C)=N1. The summed E-state index contributed by atoms with van der Waals surface area (Å²) in [6.45, 7) is 4.66. The Labute approximate surface area is 73.0 Å². The molecule has 1 amide bonds. The fourth-order valence-electron chi connectivity index (χ4n) is 0.920. The quantitative estimate of drug-likeness (QED) is 0.662. The predicted molar refractivity (Wildman–Crippen MR) is 48.3 cm³/mol. The summed E-state index contributed by atoms with van der Waals surface area (Å²) < 4.78 is 5.02. The minimum atomic E-state index is -0.324. The smallest absolute Gasteiger partial charge is 0.248 e. The van der Waals surface area contributed by atoms with Crippen LogP contribution in [0.2, 0.25) is 0 Å². The number of ether oxygens (including phenoxy) is 1. The zero-order chi connectivity index (χ0) is 8.27. The number of aliphatic imine (C=N–C) groups is 1. The van der Waals surface area contributed by atoms with E-state index in [4.69, 9.17) is 4.74 Å². The number of hydrogen-bond donors (Lipinski definition) is 1. The van der Waals surface area contributed by atoms with Crippen molar-refractivity contribution in [1.82, 2.24) is 5.32 Å². The lowest BCUT2D eigenvalue weighted by molar-refractivity contribution is -0.122. The van der Waals surface area contributed by atoms with Crippen LogP contribution in [-0.2, 0) is 9.53 Å². The van der Waals surface area contributed by atoms with Crippen LogP contribution in [0.1, 0.15) is 21.3 Å². The van der Waals surface area contributed by atoms with Gasteiger partial charge in [0, 0.05) is 13.5 Å². The standard InChI is InChI=1S/C7H12N2O2.CH4/c1-3-8-7(10)6-4-11-5(2)9-6;/h6H,3-4H2,1-2H3,(H,8,10);1H4. The van der Waals surface area contributed by atoms with Crippen LogP contribution in [0.25, 0.3) is 0 Å². The molecule has 0 saturated carbocycles. The number of carbonyl (C=O) groups excluding carboxylic acids is 1. The molecule has 0 fully saturated rings. The van der Waals surface area contributed by atoms with Crippen molar-refractivity contribution < 1.29 is 9.53 Å². The first kappa shape index (κ1) is 10.9. The van der Waals surface area contributed by atoms with Crippen molar-refractivity contribution in [3.63, 3.8) is 0 Å². The van der Waals surface area contributed by atoms with E-state index < -0.39 is 0 Å². The highest BCUT2D eigenvalue weighted by Crippen LogP contribution is 2.03. The van der Waals surface area contributed by atoms with Crippen molar-refractivity contribution in [3.05, 3.63) is 0 Å². The average Bonchev–Trinajstić information content (AvgIpc) is 2.36. The van der Waals surface area contributed by atoms with Gasteiger partial charge in [-0.1, -0.05) is 7.43 Å². The molecular weight excluding hydrogens is 156 g/mol. The molecule has 1 aliphatic heterocycles. The van der Waals surface area contributed by atoms with E-state index in [-0.39, 0.29) is 19.4 Å². The van der Waals surface area contributed by atoms with Gasteiger partial charge in [0.1, 0.15) is 6.61 Å². The van der Waals surface area contributed by atoms with E-state index in [1.54, 1.807) is 6.92 Å². The molecule has 1 unspecified atom stereocenters. The molecule has 0 saturated heterocycles. The van der Waals surface area contributed by atoms with E-state index in [9.17, 15) is 4.79 Å². The molecule has 0 spiro atoms. The third kappa shape index (κ3) is 2.53. The maximum atomic E-state index is 11.1. The van der Waals surface area contributed by atoms with Crippen LogP contribution in [0.15, 0.2) is 4.99 Å². The van der Waals surface area contributed by atoms with Gasteiger partial charge in [-0.05, 0) is 6.92 Å². The summed E-state index contributed by atoms with van der Waals surface area (Å²) in [4.78, 5) is 15.1. The number of likely N-dealkylation sites (N-methyl/N-ethyl adjacent to an activating group) is 1. The van der Waals surface area contributed by atoms with Gasteiger partial charge in [-0.3, -0.25) is 4.79 Å². The average molecular weight is 172 g/mol. The number of nitrogens with one attached hydrogen (secondary N) is 1. The van der Waals surface area contributed by atoms with Crippen LogP contribution < -0.4 is 5.32 Å². The number of nitrogens with zero attached hydrogens (tertiary/aromatic N) is 1. The van der Waals surface area contributed by atoms with Gasteiger partial charge < -0.3 is 10.1 Å². The molecule has 12 heavy (non-hydrogen) atoms. The lowest BCUT2D eigenvalue weighted by Gasteiger charge is -2.03. The van der Waals surface area contributed by atoms with Gasteiger partial charge in [0.2, 0.25) is 5.91 Å². The van der Waals surface area contributed by atoms with E-state index in [0.29, 0.717) is 19.0 Å². The number of amides is 1. The summed E-state index contributed by atoms with van der Waals surface area (Å²) in [5.74, 6) is 0.547. The molecule has 0 aromatic heterocycles. The molecule has 0 aromatic carbocycles. The monoisotopic (exact) mass is 172 g/mol. The van der Waals surface area contributed by atoms with Crippen molar-refractivity contribution in [2.45, 2.75) is 27.3 Å². The first-order chi connectivity index (χ1) is 5.24. The van der Waals surface area contributed by atoms with Gasteiger partial charge in [0.25, 0.3) is 0 Å². The van der Waals surface area contributed by atoms with E-state index in [1.807, 2.05) is 6.92 Å². The molecule has 0 radical (unpaired) electrons. The van der Waals surface area contributed by atoms with Gasteiger partial charge in [-0.25, -0.2) is 4.99 Å². The Bertz CT molecular complexity index is 189. The van der Waals surface area contributed by atoms with Crippen LogP contribution in [-0.4, -0.2) is 31.0 Å². The molecule has 70 valence electrons. The molecule has 1 aliphatic rings. The van der Waals surface area contributed by atoms with E-state index >= 15 is 0 Å². The highest BCUT2D eigenvalue weighted by molar-refractivity contribution is 5.87. The summed E-state index contributed by atoms with van der Waals surface area (Å²) in [5, 5.41) is 2.68. The van der Waals surface area contributed by atoms with Crippen LogP contribution in [0.5, 0.6) is 0 Å². The van der Waals surface area contributed by atoms with E-state index in [0.717, 1.165) is 0 Å². The van der Waals surface area contributed by atoms with Crippen molar-refractivity contribution >= 4 is 11.8 Å². The van der Waals surface area contributed by atoms with E-state index in [1.165, 1.54) is 0 Å². The second-order valence-electron chi connectivity index (χ2n) is 2.37. The molecule has 1 N–H and O–H groups in total. The molecule has 1 atom stereocenters. The van der Waals surface area contributed by atoms with Crippen LogP contribution in [0.4, 0.5) is 0 Å². The predicted octanol–water partition coefficient (Wildman–Crippen LogP) is 0.576. The van der Waals surface area contributed by atoms with Gasteiger partial charge in [0.15, 0.2) is 11.9 Å². The van der Waals surface area contributed by atoms with Gasteiger partial charge in [-0.15, -0.1) is 0 Å². The fraction of sp³-hybridized carbons (Fsp3) is 0.750. The van der Waals surface area contributed by atoms with Crippen molar-refractivity contribution in [2.75, 3.05) is 13.2 Å². The molecule has 1 rings (SSSR count). The van der Waals surface area contributed by atoms with Crippen LogP contribution in [0.3, 0.4) is 0 Å². The van der Waals surface area contributed by atoms with Gasteiger partial charge >= 0.3 is 0 Å². The minimum absolute atomic E-state index is 0. The van der Waals surface area contributed by atoms with Crippen LogP contribution in [0, 0.1) is 0 Å². The first-order valence-corrected chi connectivity index (χ1v) is 3.69. The zero-order valence-corrected chi connectivity index (χ0v) is 6.76. The normalized spacial score (nSPS) is 20.5. The lowest BCUT2D eigenvalue weighted by atomic mass is 10.3. The maximum Gasteiger partial charge on any atom is 0.248 e. The Morgan fingerprint density at radius 1 is 1.83 bits per heavy atom. The second-order valence-corrected chi connectivity index (χ2v) is 2.37. The second kappa shape index (κ2) is 4.74. The largest absolute Gasteiger partial charge is 0.478 e. The summed E-state index contributed by atoms with van der Waals surface area (Å²) in [7, 11) is 0. The molecule has 4 heteroatoms. The third-order valence-electron chi connectivity index (χ3n) is 1.44. The minimum Gasteiger partial charge on any atom is -0.478 e. The van der Waals surface area contributed by atoms with Crippen molar-refractivity contribution in [3.8, 4) is 0 Å². The molecule has 4 nitrogen and oxygen atoms in total. The number of rotatable bonds is 2. The summed E-state index contributed by atoms with van der Waals surface area (Å²) in [5.41, 5.74) is 0. The Hall–Kier alpha value is -1.06. The first-order valence-electron chi connectivity index (χ1n) is 3.69. The van der Waals surface area contributed by atoms with Crippen LogP contribution >= 0.6 is 0 Å². The number of carbonyl (C=O) groups is 1. The Balaban J connectivity index is 0.00000121. The zero-order valence-electron chi connectivity index (χ0n) is 6.76. The lowest BCUT2D eigenvalue weighted by Crippen LogP contribution is -2.34. The Morgan fingerprint density at radius 3 is 2.92 bits per heavy atom. The van der Waals surface area contributed by atoms with Gasteiger partial charge in [0.05, 0.1) is 0 Å². The highest BCUT2D eigenvalue weighted by Gasteiger charge is 2.22. The Kier molecular flexibility index (Phi) is 4.33. The Morgan fingerprint density at radius 2 is 2.50 bits per heavy atom. The molecule has 0 aromatic rings. The summed E-state index contributed by atoms with van der Waals surface area (Å²) in [6.07, 6.45) is 0. The molecular formula is C8H16N2O2. The summed E-state index contributed by atoms with van der Waals surface area (Å²) >= 11 is 0. The highest BCUT2D eigenvalue weighted by atomic mass is 16.5. The maximum absolute atomic E-state index is 11.1. The molecule has 0 bridgehead atoms. The van der Waals surface area contributed by atoms with Gasteiger partial charge in [-0.2, -0.15) is 0 Å². The van der Waals surface area contributed by atoms with Crippen molar-refractivity contribution in [1.29, 1.82) is 0 Å². The van der Waals surface area contributed by atoms with Crippen molar-refractivity contribution in [2.24, 2.45) is 4.99 Å². The molecule has 1 heterocycles. The fourth-order valence-corrected chi connectivity index (χ4v) is 0.920. The topological polar surface area (TPSA) is 50.7 Å². The molecule has 0 aliphatic carbocycles.